The van der Waals surface area contributed by atoms with Crippen molar-refractivity contribution in [2.24, 2.45) is 0 Å². The molecule has 5 heterocycles. The molecule has 11 heteroatoms. The van der Waals surface area contributed by atoms with E-state index in [4.69, 9.17) is 9.47 Å². The molecule has 0 radical (unpaired) electrons. The van der Waals surface area contributed by atoms with Crippen LogP contribution < -0.4 is 20.1 Å². The van der Waals surface area contributed by atoms with Crippen molar-refractivity contribution in [2.75, 3.05) is 13.2 Å². The molecule has 238 valence electrons. The van der Waals surface area contributed by atoms with E-state index >= 15 is 0 Å². The van der Waals surface area contributed by atoms with Gasteiger partial charge in [-0.1, -0.05) is 54.6 Å². The molecule has 1 aromatic heterocycles. The Morgan fingerprint density at radius 2 is 1.41 bits per heavy atom. The topological polar surface area (TPSA) is 150 Å². The van der Waals surface area contributed by atoms with Gasteiger partial charge in [0.2, 0.25) is 5.91 Å². The first-order valence-corrected chi connectivity index (χ1v) is 15.5. The molecular weight excluding hydrogens is 585 g/mol. The second kappa shape index (κ2) is 15.9. The van der Waals surface area contributed by atoms with Crippen LogP contribution in [-0.4, -0.2) is 64.9 Å². The Labute approximate surface area is 268 Å². The molecule has 8 rings (SSSR count). The Balaban J connectivity index is 1.35. The van der Waals surface area contributed by atoms with E-state index in [1.54, 1.807) is 18.2 Å². The summed E-state index contributed by atoms with van der Waals surface area (Å²) in [5.74, 6) is -0.872. The van der Waals surface area contributed by atoms with Gasteiger partial charge in [-0.05, 0) is 78.8 Å². The van der Waals surface area contributed by atoms with Crippen LogP contribution in [0.3, 0.4) is 0 Å². The molecule has 4 aliphatic heterocycles. The number of hydrogen-bond donors (Lipinski definition) is 5. The van der Waals surface area contributed by atoms with Gasteiger partial charge in [0.1, 0.15) is 23.2 Å². The summed E-state index contributed by atoms with van der Waals surface area (Å²) in [5.41, 5.74) is 2.98. The van der Waals surface area contributed by atoms with Crippen molar-refractivity contribution in [1.29, 1.82) is 0 Å². The number of H-pyrrole nitrogens is 1. The summed E-state index contributed by atoms with van der Waals surface area (Å²) in [4.78, 5) is 42.7. The molecule has 46 heavy (non-hydrogen) atoms. The molecule has 0 spiro atoms. The lowest BCUT2D eigenvalue weighted by molar-refractivity contribution is -0.123. The van der Waals surface area contributed by atoms with Gasteiger partial charge in [0.15, 0.2) is 5.78 Å². The lowest BCUT2D eigenvalue weighted by Gasteiger charge is -2.23. The van der Waals surface area contributed by atoms with Crippen LogP contribution in [0.5, 0.6) is 11.5 Å². The Morgan fingerprint density at radius 1 is 0.804 bits per heavy atom. The second-order valence-corrected chi connectivity index (χ2v) is 11.3. The average Bonchev–Trinajstić information content (AvgIpc) is 3.57. The van der Waals surface area contributed by atoms with Gasteiger partial charge in [-0.3, -0.25) is 14.4 Å². The maximum absolute atomic E-state index is 13.6. The third-order valence-electron chi connectivity index (χ3n) is 7.84. The van der Waals surface area contributed by atoms with Gasteiger partial charge >= 0.3 is 7.12 Å². The SMILES string of the molecule is O=C1CCc2ccc(cc2)OCCCCOc2ccc(cc2)CC(C(=O)NC(Cc2ccccc2)B(O)O)NC(=O)c2ccc1[nH]2. The molecule has 10 nitrogen and oxygen atoms in total. The average molecular weight is 624 g/mol. The summed E-state index contributed by atoms with van der Waals surface area (Å²) in [5, 5.41) is 25.6. The molecule has 0 saturated heterocycles. The quantitative estimate of drug-likeness (QED) is 0.214. The van der Waals surface area contributed by atoms with E-state index in [1.807, 2.05) is 66.7 Å². The molecule has 0 saturated carbocycles. The number of benzene rings is 3. The van der Waals surface area contributed by atoms with E-state index in [2.05, 4.69) is 15.6 Å². The normalized spacial score (nSPS) is 16.8. The standard InChI is InChI=1S/C35H38BN3O7/c40-32-19-12-24-8-13-27(14-9-24)45-20-4-5-21-46-28-15-10-26(11-16-28)22-31(38-34(41)30-18-17-29(32)37-30)35(42)39-33(36(43)44)23-25-6-2-1-3-7-25/h1-3,6-11,13-18,31,33,37,43-44H,4-5,12,19-23H2,(H,38,41)(H,39,42). The summed E-state index contributed by atoms with van der Waals surface area (Å²) in [6, 6.07) is 26.1. The summed E-state index contributed by atoms with van der Waals surface area (Å²) in [6.45, 7) is 1.07. The summed E-state index contributed by atoms with van der Waals surface area (Å²) in [6.07, 6.45) is 2.69. The van der Waals surface area contributed by atoms with Gasteiger partial charge in [-0.15, -0.1) is 0 Å². The number of Topliss-reactive ketones (excluding diaryl/α,β-unsaturated/α-hetero) is 1. The van der Waals surface area contributed by atoms with E-state index < -0.39 is 30.9 Å². The van der Waals surface area contributed by atoms with E-state index in [9.17, 15) is 24.4 Å². The Morgan fingerprint density at radius 3 is 2.04 bits per heavy atom. The minimum atomic E-state index is -1.83. The third kappa shape index (κ3) is 9.32. The zero-order chi connectivity index (χ0) is 32.3. The van der Waals surface area contributed by atoms with Crippen molar-refractivity contribution in [3.8, 4) is 11.5 Å². The van der Waals surface area contributed by atoms with Crippen molar-refractivity contribution < 1.29 is 33.9 Å². The molecule has 4 aliphatic rings. The van der Waals surface area contributed by atoms with Crippen molar-refractivity contribution >= 4 is 24.7 Å². The lowest BCUT2D eigenvalue weighted by atomic mass is 9.75. The van der Waals surface area contributed by atoms with Crippen molar-refractivity contribution in [1.82, 2.24) is 15.6 Å². The molecule has 3 aromatic carbocycles. The molecule has 2 unspecified atom stereocenters. The predicted octanol–water partition coefficient (Wildman–Crippen LogP) is 3.46. The fourth-order valence-electron chi connectivity index (χ4n) is 5.20. The summed E-state index contributed by atoms with van der Waals surface area (Å²) >= 11 is 0. The van der Waals surface area contributed by atoms with Gasteiger partial charge < -0.3 is 35.1 Å². The van der Waals surface area contributed by atoms with Crippen LogP contribution in [0.4, 0.5) is 0 Å². The van der Waals surface area contributed by atoms with E-state index in [0.717, 1.165) is 35.3 Å². The fraction of sp³-hybridized carbons (Fsp3) is 0.286. The minimum absolute atomic E-state index is 0.125. The molecule has 6 bridgehead atoms. The molecule has 2 atom stereocenters. The zero-order valence-corrected chi connectivity index (χ0v) is 25.5. The van der Waals surface area contributed by atoms with Crippen molar-refractivity contribution in [3.63, 3.8) is 0 Å². The van der Waals surface area contributed by atoms with E-state index in [1.165, 1.54) is 6.07 Å². The highest BCUT2D eigenvalue weighted by molar-refractivity contribution is 6.43. The number of carbonyl (C=O) groups is 3. The van der Waals surface area contributed by atoms with Crippen molar-refractivity contribution in [3.05, 3.63) is 119 Å². The molecule has 0 fully saturated rings. The highest BCUT2D eigenvalue weighted by Gasteiger charge is 2.30. The number of rotatable bonds is 5. The van der Waals surface area contributed by atoms with E-state index in [0.29, 0.717) is 31.1 Å². The Kier molecular flexibility index (Phi) is 11.3. The maximum Gasteiger partial charge on any atom is 0.475 e. The van der Waals surface area contributed by atoms with Gasteiger partial charge in [0, 0.05) is 12.8 Å². The third-order valence-corrected chi connectivity index (χ3v) is 7.84. The first-order valence-electron chi connectivity index (χ1n) is 15.5. The highest BCUT2D eigenvalue weighted by atomic mass is 16.5. The van der Waals surface area contributed by atoms with Crippen LogP contribution in [0.1, 0.15) is 56.9 Å². The monoisotopic (exact) mass is 623 g/mol. The lowest BCUT2D eigenvalue weighted by Crippen LogP contribution is -2.55. The van der Waals surface area contributed by atoms with Crippen LogP contribution >= 0.6 is 0 Å². The first-order chi connectivity index (χ1) is 22.3. The summed E-state index contributed by atoms with van der Waals surface area (Å²) < 4.78 is 11.7. The Bertz CT molecular complexity index is 1590. The van der Waals surface area contributed by atoms with E-state index in [-0.39, 0.29) is 30.7 Å². The largest absolute Gasteiger partial charge is 0.494 e. The fourth-order valence-corrected chi connectivity index (χ4v) is 5.20. The number of amides is 2. The number of hydrogen-bond acceptors (Lipinski definition) is 7. The maximum atomic E-state index is 13.6. The summed E-state index contributed by atoms with van der Waals surface area (Å²) in [7, 11) is -1.83. The van der Waals surface area contributed by atoms with Crippen LogP contribution in [0, 0.1) is 0 Å². The number of ether oxygens (including phenoxy) is 2. The van der Waals surface area contributed by atoms with Gasteiger partial charge in [-0.2, -0.15) is 0 Å². The number of nitrogens with one attached hydrogen (secondary N) is 3. The highest BCUT2D eigenvalue weighted by Crippen LogP contribution is 2.18. The molecule has 2 amide bonds. The number of carbonyl (C=O) groups excluding carboxylic acids is 3. The molecular formula is C35H38BN3O7. The number of ketones is 1. The van der Waals surface area contributed by atoms with Crippen molar-refractivity contribution in [2.45, 2.75) is 50.5 Å². The van der Waals surface area contributed by atoms with Gasteiger partial charge in [0.05, 0.1) is 24.8 Å². The molecule has 0 aliphatic carbocycles. The van der Waals surface area contributed by atoms with Crippen LogP contribution in [0.15, 0.2) is 91.0 Å². The molecule has 4 aromatic rings. The second-order valence-electron chi connectivity index (χ2n) is 11.3. The predicted molar refractivity (Wildman–Crippen MR) is 174 cm³/mol. The van der Waals surface area contributed by atoms with Gasteiger partial charge in [0.25, 0.3) is 5.91 Å². The Hall–Kier alpha value is -4.87. The first kappa shape index (κ1) is 32.5. The zero-order valence-electron chi connectivity index (χ0n) is 25.5. The smallest absolute Gasteiger partial charge is 0.475 e. The number of aromatic nitrogens is 1. The van der Waals surface area contributed by atoms with Crippen LogP contribution in [-0.2, 0) is 24.1 Å². The number of aromatic amines is 1. The minimum Gasteiger partial charge on any atom is -0.494 e. The molecule has 5 N–H and O–H groups in total. The van der Waals surface area contributed by atoms with Gasteiger partial charge in [-0.25, -0.2) is 0 Å². The number of aryl methyl sites for hydroxylation is 1. The van der Waals surface area contributed by atoms with Crippen LogP contribution in [0.2, 0.25) is 0 Å². The van der Waals surface area contributed by atoms with Crippen LogP contribution in [0.25, 0.3) is 0 Å².